The van der Waals surface area contributed by atoms with Crippen LogP contribution < -0.4 is 10.1 Å². The molecule has 4 N–H and O–H groups in total. The van der Waals surface area contributed by atoms with Crippen molar-refractivity contribution >= 4 is 30.8 Å². The Morgan fingerprint density at radius 2 is 2.13 bits per heavy atom. The van der Waals surface area contributed by atoms with Gasteiger partial charge < -0.3 is 29.7 Å². The SMILES string of the molecule is CO[C@@]12CC[C@@H](N[C@@H](CO)C(=O)O)[C@@H]3Oc4c(O)ccc5c4[C@@]31CCN(C)[C@@H]2C5.Cl.Cl. The molecule has 2 bridgehead atoms. The number of aliphatic hydroxyl groups excluding tert-OH is 1. The van der Waals surface area contributed by atoms with Gasteiger partial charge in [-0.1, -0.05) is 6.07 Å². The van der Waals surface area contributed by atoms with Crippen molar-refractivity contribution in [3.63, 3.8) is 0 Å². The van der Waals surface area contributed by atoms with E-state index in [-0.39, 0.29) is 48.8 Å². The molecule has 2 fully saturated rings. The third kappa shape index (κ3) is 2.92. The molecule has 4 aliphatic rings. The average molecular weight is 477 g/mol. The van der Waals surface area contributed by atoms with Crippen LogP contribution in [0.15, 0.2) is 12.1 Å². The van der Waals surface area contributed by atoms with Crippen LogP contribution in [0.4, 0.5) is 0 Å². The number of nitrogens with zero attached hydrogens (tertiary/aromatic N) is 1. The molecular weight excluding hydrogens is 447 g/mol. The van der Waals surface area contributed by atoms with Gasteiger partial charge in [0.1, 0.15) is 12.1 Å². The Labute approximate surface area is 193 Å². The maximum atomic E-state index is 11.5. The number of ether oxygens (including phenoxy) is 2. The summed E-state index contributed by atoms with van der Waals surface area (Å²) in [5.74, 6) is -0.454. The lowest BCUT2D eigenvalue weighted by Crippen LogP contribution is -2.78. The molecule has 5 rings (SSSR count). The van der Waals surface area contributed by atoms with Crippen LogP contribution >= 0.6 is 24.8 Å². The molecule has 1 saturated heterocycles. The van der Waals surface area contributed by atoms with Gasteiger partial charge in [0.15, 0.2) is 11.5 Å². The quantitative estimate of drug-likeness (QED) is 0.499. The van der Waals surface area contributed by atoms with E-state index in [4.69, 9.17) is 9.47 Å². The third-order valence-electron chi connectivity index (χ3n) is 7.95. The van der Waals surface area contributed by atoms with Crippen LogP contribution in [0, 0.1) is 0 Å². The van der Waals surface area contributed by atoms with E-state index in [0.29, 0.717) is 12.2 Å². The zero-order chi connectivity index (χ0) is 20.6. The molecule has 1 aromatic carbocycles. The minimum absolute atomic E-state index is 0. The minimum atomic E-state index is -1.09. The van der Waals surface area contributed by atoms with Crippen molar-refractivity contribution < 1.29 is 29.6 Å². The number of phenols is 1. The van der Waals surface area contributed by atoms with E-state index in [1.165, 1.54) is 5.56 Å². The van der Waals surface area contributed by atoms with Crippen molar-refractivity contribution in [1.29, 1.82) is 0 Å². The monoisotopic (exact) mass is 476 g/mol. The molecule has 174 valence electrons. The summed E-state index contributed by atoms with van der Waals surface area (Å²) in [5, 5.41) is 32.7. The molecule has 31 heavy (non-hydrogen) atoms. The number of benzene rings is 1. The number of carbonyl (C=O) groups is 1. The summed E-state index contributed by atoms with van der Waals surface area (Å²) in [4.78, 5) is 13.9. The minimum Gasteiger partial charge on any atom is -0.504 e. The van der Waals surface area contributed by atoms with Gasteiger partial charge in [-0.25, -0.2) is 0 Å². The number of halogens is 2. The molecule has 0 radical (unpaired) electrons. The van der Waals surface area contributed by atoms with Gasteiger partial charge in [-0.2, -0.15) is 0 Å². The number of methoxy groups -OCH3 is 1. The van der Waals surface area contributed by atoms with E-state index in [2.05, 4.69) is 17.3 Å². The first kappa shape index (κ1) is 24.4. The highest BCUT2D eigenvalue weighted by molar-refractivity contribution is 5.85. The number of rotatable bonds is 5. The number of likely N-dealkylation sites (tertiary alicyclic amines) is 1. The number of phenolic OH excluding ortho intramolecular Hbond substituents is 1. The fourth-order valence-electron chi connectivity index (χ4n) is 6.77. The van der Waals surface area contributed by atoms with Crippen molar-refractivity contribution in [3.8, 4) is 11.5 Å². The number of carboxylic acids is 1. The van der Waals surface area contributed by atoms with Gasteiger partial charge in [0.25, 0.3) is 0 Å². The maximum Gasteiger partial charge on any atom is 0.323 e. The predicted octanol–water partition coefficient (Wildman–Crippen LogP) is 1.08. The number of aliphatic hydroxyl groups is 1. The van der Waals surface area contributed by atoms with Gasteiger partial charge in [0.2, 0.25) is 0 Å². The lowest BCUT2D eigenvalue weighted by molar-refractivity contribution is -0.204. The molecule has 8 nitrogen and oxygen atoms in total. The van der Waals surface area contributed by atoms with Crippen LogP contribution in [-0.4, -0.2) is 83.3 Å². The second-order valence-electron chi connectivity index (χ2n) is 8.89. The number of aromatic hydroxyl groups is 1. The number of piperidine rings is 1. The van der Waals surface area contributed by atoms with E-state index in [1.54, 1.807) is 13.2 Å². The van der Waals surface area contributed by atoms with Crippen molar-refractivity contribution in [2.75, 3.05) is 27.3 Å². The Balaban J connectivity index is 0.00000136. The normalized spacial score (nSPS) is 35.8. The number of carboxylic acid groups (broad SMARTS) is 1. The smallest absolute Gasteiger partial charge is 0.323 e. The Hall–Kier alpha value is -1.29. The molecule has 2 aliphatic carbocycles. The van der Waals surface area contributed by atoms with Crippen LogP contribution in [0.1, 0.15) is 30.4 Å². The molecule has 2 aliphatic heterocycles. The molecule has 10 heteroatoms. The molecule has 1 aromatic rings. The summed E-state index contributed by atoms with van der Waals surface area (Å²) in [6.07, 6.45) is 2.68. The Kier molecular flexibility index (Phi) is 6.48. The van der Waals surface area contributed by atoms with Gasteiger partial charge in [0, 0.05) is 24.8 Å². The van der Waals surface area contributed by atoms with Gasteiger partial charge >= 0.3 is 5.97 Å². The van der Waals surface area contributed by atoms with Crippen molar-refractivity contribution in [1.82, 2.24) is 10.2 Å². The van der Waals surface area contributed by atoms with Gasteiger partial charge in [-0.15, -0.1) is 24.8 Å². The van der Waals surface area contributed by atoms with Gasteiger partial charge in [-0.3, -0.25) is 10.1 Å². The number of aliphatic carboxylic acids is 1. The van der Waals surface area contributed by atoms with Crippen LogP contribution in [0.25, 0.3) is 0 Å². The number of nitrogens with one attached hydrogen (secondary N) is 1. The van der Waals surface area contributed by atoms with Gasteiger partial charge in [0.05, 0.1) is 17.6 Å². The summed E-state index contributed by atoms with van der Waals surface area (Å²) in [5.41, 5.74) is 1.28. The fourth-order valence-corrected chi connectivity index (χ4v) is 6.77. The van der Waals surface area contributed by atoms with Crippen LogP contribution in [-0.2, 0) is 21.4 Å². The van der Waals surface area contributed by atoms with Crippen molar-refractivity contribution in [2.45, 2.75) is 60.9 Å². The third-order valence-corrected chi connectivity index (χ3v) is 7.95. The zero-order valence-electron chi connectivity index (χ0n) is 17.5. The van der Waals surface area contributed by atoms with Crippen molar-refractivity contribution in [3.05, 3.63) is 23.3 Å². The largest absolute Gasteiger partial charge is 0.504 e. The first-order valence-electron chi connectivity index (χ1n) is 10.3. The molecule has 0 aromatic heterocycles. The average Bonchev–Trinajstić information content (AvgIpc) is 3.06. The topological polar surface area (TPSA) is 111 Å². The van der Waals surface area contributed by atoms with E-state index >= 15 is 0 Å². The first-order chi connectivity index (χ1) is 13.9. The second kappa shape index (κ2) is 8.24. The predicted molar refractivity (Wildman–Crippen MR) is 118 cm³/mol. The molecule has 0 unspecified atom stereocenters. The number of hydrogen-bond donors (Lipinski definition) is 4. The van der Waals surface area contributed by atoms with Gasteiger partial charge in [-0.05, 0) is 50.9 Å². The van der Waals surface area contributed by atoms with Crippen LogP contribution in [0.5, 0.6) is 11.5 Å². The summed E-state index contributed by atoms with van der Waals surface area (Å²) >= 11 is 0. The summed E-state index contributed by atoms with van der Waals surface area (Å²) in [7, 11) is 3.89. The number of likely N-dealkylation sites (N-methyl/N-ethyl adjacent to an activating group) is 1. The Morgan fingerprint density at radius 1 is 1.39 bits per heavy atom. The first-order valence-corrected chi connectivity index (χ1v) is 10.3. The van der Waals surface area contributed by atoms with E-state index < -0.39 is 29.6 Å². The summed E-state index contributed by atoms with van der Waals surface area (Å²) in [6.45, 7) is 0.384. The van der Waals surface area contributed by atoms with Crippen LogP contribution in [0.3, 0.4) is 0 Å². The highest BCUT2D eigenvalue weighted by atomic mass is 35.5. The second-order valence-corrected chi connectivity index (χ2v) is 8.89. The lowest BCUT2D eigenvalue weighted by Gasteiger charge is -2.65. The summed E-state index contributed by atoms with van der Waals surface area (Å²) in [6, 6.07) is 2.53. The lowest BCUT2D eigenvalue weighted by atomic mass is 9.48. The van der Waals surface area contributed by atoms with E-state index in [0.717, 1.165) is 31.4 Å². The molecule has 2 heterocycles. The molecule has 6 atom stereocenters. The summed E-state index contributed by atoms with van der Waals surface area (Å²) < 4.78 is 12.8. The van der Waals surface area contributed by atoms with Crippen molar-refractivity contribution in [2.24, 2.45) is 0 Å². The molecule has 1 saturated carbocycles. The molecule has 0 amide bonds. The van der Waals surface area contributed by atoms with E-state index in [1.807, 2.05) is 6.07 Å². The number of hydrogen-bond acceptors (Lipinski definition) is 7. The molecule has 1 spiro atoms. The van der Waals surface area contributed by atoms with E-state index in [9.17, 15) is 20.1 Å². The standard InChI is InChI=1S/C21H28N2O6.2ClH/c1-23-8-7-20-16-11-3-4-14(25)17(16)29-18(20)12(22-13(10-24)19(26)27)5-6-21(20,28-2)15(23)9-11;;/h3-4,12-13,15,18,22,24-25H,5-10H2,1-2H3,(H,26,27);2*1H/t12-,13+,15-,18+,20+,21-;;/m1../s1. The van der Waals surface area contributed by atoms with Crippen LogP contribution in [0.2, 0.25) is 0 Å². The maximum absolute atomic E-state index is 11.5. The fraction of sp³-hybridized carbons (Fsp3) is 0.667. The molecular formula is C21H30Cl2N2O6. The highest BCUT2D eigenvalue weighted by Crippen LogP contribution is 2.66. The zero-order valence-corrected chi connectivity index (χ0v) is 19.2. The Bertz CT molecular complexity index is 873. The Morgan fingerprint density at radius 3 is 2.77 bits per heavy atom. The highest BCUT2D eigenvalue weighted by Gasteiger charge is 2.73.